The molecule has 19 heavy (non-hydrogen) atoms. The van der Waals surface area contributed by atoms with Crippen molar-refractivity contribution in [3.05, 3.63) is 29.3 Å². The van der Waals surface area contributed by atoms with E-state index in [0.717, 1.165) is 0 Å². The van der Waals surface area contributed by atoms with E-state index in [9.17, 15) is 17.4 Å². The molecule has 102 valence electrons. The van der Waals surface area contributed by atoms with Crippen molar-refractivity contribution in [3.8, 4) is 6.07 Å². The molecule has 1 fully saturated rings. The van der Waals surface area contributed by atoms with Gasteiger partial charge in [-0.05, 0) is 13.0 Å². The average molecular weight is 284 g/mol. The van der Waals surface area contributed by atoms with E-state index in [1.54, 1.807) is 6.92 Å². The predicted molar refractivity (Wildman–Crippen MR) is 65.8 cm³/mol. The lowest BCUT2D eigenvalue weighted by molar-refractivity contribution is 0.186. The SMILES string of the molecule is Cc1ccc(S(=O)(=O)O)c(C2(F)CN[C@H](C#N)C2)c1. The van der Waals surface area contributed by atoms with Gasteiger partial charge < -0.3 is 0 Å². The molecule has 0 spiro atoms. The Bertz CT molecular complexity index is 653. The van der Waals surface area contributed by atoms with Crippen molar-refractivity contribution in [2.24, 2.45) is 0 Å². The summed E-state index contributed by atoms with van der Waals surface area (Å²) in [4.78, 5) is -0.444. The average Bonchev–Trinajstić information content (AvgIpc) is 2.71. The lowest BCUT2D eigenvalue weighted by atomic mass is 9.92. The molecule has 0 saturated carbocycles. The van der Waals surface area contributed by atoms with Gasteiger partial charge in [0.25, 0.3) is 10.1 Å². The molecule has 0 aromatic heterocycles. The molecule has 5 nitrogen and oxygen atoms in total. The highest BCUT2D eigenvalue weighted by molar-refractivity contribution is 7.85. The Morgan fingerprint density at radius 1 is 1.58 bits per heavy atom. The molecule has 1 aliphatic heterocycles. The van der Waals surface area contributed by atoms with Crippen LogP contribution in [0.4, 0.5) is 4.39 Å². The smallest absolute Gasteiger partial charge is 0.294 e. The first-order valence-electron chi connectivity index (χ1n) is 5.67. The number of rotatable bonds is 2. The van der Waals surface area contributed by atoms with Crippen molar-refractivity contribution in [1.29, 1.82) is 5.26 Å². The summed E-state index contributed by atoms with van der Waals surface area (Å²) in [6.45, 7) is 1.54. The van der Waals surface area contributed by atoms with Crippen LogP contribution >= 0.6 is 0 Å². The van der Waals surface area contributed by atoms with Crippen LogP contribution in [0.25, 0.3) is 0 Å². The number of hydrogen-bond donors (Lipinski definition) is 2. The van der Waals surface area contributed by atoms with Crippen molar-refractivity contribution >= 4 is 10.1 Å². The maximum Gasteiger partial charge on any atom is 0.294 e. The van der Waals surface area contributed by atoms with E-state index in [2.05, 4.69) is 5.32 Å². The Labute approximate surface area is 110 Å². The molecule has 1 unspecified atom stereocenters. The first kappa shape index (κ1) is 13.9. The zero-order valence-corrected chi connectivity index (χ0v) is 11.0. The Kier molecular flexibility index (Phi) is 3.34. The van der Waals surface area contributed by atoms with Gasteiger partial charge in [0.1, 0.15) is 4.90 Å². The molecular weight excluding hydrogens is 271 g/mol. The second-order valence-electron chi connectivity index (χ2n) is 4.71. The molecule has 0 amide bonds. The number of hydrogen-bond acceptors (Lipinski definition) is 4. The van der Waals surface area contributed by atoms with Gasteiger partial charge in [0.2, 0.25) is 0 Å². The fraction of sp³-hybridized carbons (Fsp3) is 0.417. The normalized spacial score (nSPS) is 27.2. The van der Waals surface area contributed by atoms with Crippen molar-refractivity contribution < 1.29 is 17.4 Å². The zero-order valence-electron chi connectivity index (χ0n) is 10.2. The van der Waals surface area contributed by atoms with Crippen LogP contribution in [0.5, 0.6) is 0 Å². The van der Waals surface area contributed by atoms with E-state index >= 15 is 0 Å². The number of nitrogens with one attached hydrogen (secondary N) is 1. The standard InChI is InChI=1S/C12H13FN2O3S/c1-8-2-3-11(19(16,17)18)10(4-8)12(13)5-9(6-14)15-7-12/h2-4,9,15H,5,7H2,1H3,(H,16,17,18)/t9-,12?/m0/s1. The maximum absolute atomic E-state index is 14.9. The van der Waals surface area contributed by atoms with Crippen LogP contribution in [0.15, 0.2) is 23.1 Å². The van der Waals surface area contributed by atoms with Crippen LogP contribution in [0.2, 0.25) is 0 Å². The van der Waals surface area contributed by atoms with Crippen molar-refractivity contribution in [2.75, 3.05) is 6.54 Å². The molecule has 1 aromatic rings. The Morgan fingerprint density at radius 3 is 2.79 bits per heavy atom. The quantitative estimate of drug-likeness (QED) is 0.799. The van der Waals surface area contributed by atoms with Gasteiger partial charge in [-0.15, -0.1) is 0 Å². The molecule has 0 aliphatic carbocycles. The zero-order chi connectivity index (χ0) is 14.3. The monoisotopic (exact) mass is 284 g/mol. The summed E-state index contributed by atoms with van der Waals surface area (Å²) >= 11 is 0. The number of halogens is 1. The molecular formula is C12H13FN2O3S. The Hall–Kier alpha value is -1.49. The molecule has 2 N–H and O–H groups in total. The maximum atomic E-state index is 14.9. The third-order valence-corrected chi connectivity index (χ3v) is 4.12. The highest BCUT2D eigenvalue weighted by atomic mass is 32.2. The summed E-state index contributed by atoms with van der Waals surface area (Å²) in [5.41, 5.74) is -1.39. The van der Waals surface area contributed by atoms with E-state index in [-0.39, 0.29) is 18.5 Å². The fourth-order valence-electron chi connectivity index (χ4n) is 2.27. The minimum absolute atomic E-state index is 0.0970. The molecule has 1 saturated heterocycles. The van der Waals surface area contributed by atoms with E-state index in [1.165, 1.54) is 18.2 Å². The van der Waals surface area contributed by atoms with Gasteiger partial charge >= 0.3 is 0 Å². The van der Waals surface area contributed by atoms with Crippen LogP contribution in [-0.2, 0) is 15.8 Å². The number of benzene rings is 1. The van der Waals surface area contributed by atoms with Crippen LogP contribution in [0.1, 0.15) is 17.5 Å². The summed E-state index contributed by atoms with van der Waals surface area (Å²) < 4.78 is 46.7. The largest absolute Gasteiger partial charge is 0.298 e. The van der Waals surface area contributed by atoms with Gasteiger partial charge in [0.05, 0.1) is 12.1 Å². The number of nitrogens with zero attached hydrogens (tertiary/aromatic N) is 1. The second kappa shape index (κ2) is 4.56. The molecule has 2 atom stereocenters. The second-order valence-corrected chi connectivity index (χ2v) is 6.10. The lowest BCUT2D eigenvalue weighted by Crippen LogP contribution is -2.26. The van der Waals surface area contributed by atoms with Crippen LogP contribution in [-0.4, -0.2) is 25.6 Å². The number of aryl methyl sites for hydroxylation is 1. The third-order valence-electron chi connectivity index (χ3n) is 3.21. The summed E-state index contributed by atoms with van der Waals surface area (Å²) in [6.07, 6.45) is -0.143. The predicted octanol–water partition coefficient (Wildman–Crippen LogP) is 1.29. The number of nitriles is 1. The molecule has 1 aromatic carbocycles. The van der Waals surface area contributed by atoms with Gasteiger partial charge in [-0.1, -0.05) is 17.7 Å². The van der Waals surface area contributed by atoms with E-state index in [0.29, 0.717) is 5.56 Å². The third kappa shape index (κ3) is 2.61. The van der Waals surface area contributed by atoms with E-state index in [4.69, 9.17) is 5.26 Å². The van der Waals surface area contributed by atoms with E-state index in [1.807, 2.05) is 6.07 Å². The molecule has 1 aliphatic rings. The molecule has 2 rings (SSSR count). The first-order chi connectivity index (χ1) is 8.76. The summed E-state index contributed by atoms with van der Waals surface area (Å²) in [6, 6.07) is 5.29. The van der Waals surface area contributed by atoms with E-state index < -0.39 is 26.7 Å². The Morgan fingerprint density at radius 2 is 2.26 bits per heavy atom. The highest BCUT2D eigenvalue weighted by Crippen LogP contribution is 2.38. The molecule has 0 radical (unpaired) electrons. The number of alkyl halides is 1. The van der Waals surface area contributed by atoms with Gasteiger partial charge in [-0.25, -0.2) is 4.39 Å². The highest BCUT2D eigenvalue weighted by Gasteiger charge is 2.43. The first-order valence-corrected chi connectivity index (χ1v) is 7.11. The van der Waals surface area contributed by atoms with Gasteiger partial charge in [0, 0.05) is 18.5 Å². The minimum atomic E-state index is -4.50. The molecule has 1 heterocycles. The van der Waals surface area contributed by atoms with Crippen LogP contribution in [0.3, 0.4) is 0 Å². The summed E-state index contributed by atoms with van der Waals surface area (Å²) in [5.74, 6) is 0. The van der Waals surface area contributed by atoms with Gasteiger partial charge in [-0.2, -0.15) is 13.7 Å². The lowest BCUT2D eigenvalue weighted by Gasteiger charge is -2.21. The van der Waals surface area contributed by atoms with Crippen LogP contribution < -0.4 is 5.32 Å². The topological polar surface area (TPSA) is 90.2 Å². The van der Waals surface area contributed by atoms with Crippen molar-refractivity contribution in [3.63, 3.8) is 0 Å². The molecule has 0 bridgehead atoms. The Balaban J connectivity index is 2.57. The van der Waals surface area contributed by atoms with Crippen molar-refractivity contribution in [2.45, 2.75) is 30.0 Å². The molecule has 7 heteroatoms. The van der Waals surface area contributed by atoms with Crippen LogP contribution in [0, 0.1) is 18.3 Å². The minimum Gasteiger partial charge on any atom is -0.298 e. The van der Waals surface area contributed by atoms with Gasteiger partial charge in [-0.3, -0.25) is 9.87 Å². The summed E-state index contributed by atoms with van der Waals surface area (Å²) in [5, 5.41) is 11.5. The fourth-order valence-corrected chi connectivity index (χ4v) is 3.03. The summed E-state index contributed by atoms with van der Waals surface area (Å²) in [7, 11) is -4.50. The van der Waals surface area contributed by atoms with Crippen molar-refractivity contribution in [1.82, 2.24) is 5.32 Å². The van der Waals surface area contributed by atoms with Gasteiger partial charge in [0.15, 0.2) is 5.67 Å².